The molecular formula is C12H17NO6S. The number of carbonyl (C=O) groups is 1. The number of nitrogens with one attached hydrogen (secondary N) is 1. The van der Waals surface area contributed by atoms with Crippen molar-refractivity contribution < 1.29 is 27.8 Å². The van der Waals surface area contributed by atoms with Gasteiger partial charge < -0.3 is 14.6 Å². The van der Waals surface area contributed by atoms with Crippen LogP contribution in [0.2, 0.25) is 0 Å². The molecule has 0 aliphatic heterocycles. The Kier molecular flexibility index (Phi) is 6.59. The second kappa shape index (κ2) is 7.95. The highest BCUT2D eigenvalue weighted by Gasteiger charge is 2.15. The van der Waals surface area contributed by atoms with Gasteiger partial charge in [0.05, 0.1) is 37.4 Å². The summed E-state index contributed by atoms with van der Waals surface area (Å²) in [4.78, 5) is 11.3. The molecule has 0 aliphatic carbocycles. The number of hydrogen-bond donors (Lipinski definition) is 2. The van der Waals surface area contributed by atoms with Gasteiger partial charge in [0, 0.05) is 6.54 Å². The van der Waals surface area contributed by atoms with Gasteiger partial charge in [-0.15, -0.1) is 0 Å². The van der Waals surface area contributed by atoms with Crippen molar-refractivity contribution in [2.24, 2.45) is 0 Å². The molecule has 0 saturated heterocycles. The van der Waals surface area contributed by atoms with Crippen LogP contribution in [0.1, 0.15) is 10.4 Å². The summed E-state index contributed by atoms with van der Waals surface area (Å²) < 4.78 is 35.7. The van der Waals surface area contributed by atoms with Gasteiger partial charge in [-0.2, -0.15) is 0 Å². The number of sulfonamides is 1. The minimum atomic E-state index is -3.71. The van der Waals surface area contributed by atoms with Crippen LogP contribution in [0.4, 0.5) is 0 Å². The molecule has 1 rings (SSSR count). The number of aliphatic hydroxyl groups excluding tert-OH is 1. The highest BCUT2D eigenvalue weighted by atomic mass is 32.2. The van der Waals surface area contributed by atoms with Gasteiger partial charge in [0.1, 0.15) is 0 Å². The van der Waals surface area contributed by atoms with Crippen LogP contribution in [0, 0.1) is 0 Å². The maximum atomic E-state index is 12.0. The van der Waals surface area contributed by atoms with E-state index >= 15 is 0 Å². The summed E-state index contributed by atoms with van der Waals surface area (Å²) in [5, 5.41) is 8.50. The van der Waals surface area contributed by atoms with Gasteiger partial charge in [-0.05, 0) is 18.2 Å². The van der Waals surface area contributed by atoms with Crippen molar-refractivity contribution in [3.8, 4) is 0 Å². The average molecular weight is 303 g/mol. The number of esters is 1. The third-order valence-corrected chi connectivity index (χ3v) is 3.80. The summed E-state index contributed by atoms with van der Waals surface area (Å²) in [5.41, 5.74) is 0.159. The van der Waals surface area contributed by atoms with Crippen LogP contribution >= 0.6 is 0 Å². The summed E-state index contributed by atoms with van der Waals surface area (Å²) in [7, 11) is -2.49. The van der Waals surface area contributed by atoms with Crippen LogP contribution < -0.4 is 4.72 Å². The van der Waals surface area contributed by atoms with Crippen LogP contribution in [0.25, 0.3) is 0 Å². The SMILES string of the molecule is COC(=O)c1cccc(S(=O)(=O)NCCOCCO)c1. The summed E-state index contributed by atoms with van der Waals surface area (Å²) in [6.45, 7) is 0.259. The van der Waals surface area contributed by atoms with E-state index in [-0.39, 0.29) is 36.8 Å². The monoisotopic (exact) mass is 303 g/mol. The number of ether oxygens (including phenoxy) is 2. The molecule has 1 aromatic carbocycles. The lowest BCUT2D eigenvalue weighted by atomic mass is 10.2. The lowest BCUT2D eigenvalue weighted by molar-refractivity contribution is 0.0600. The van der Waals surface area contributed by atoms with Crippen LogP contribution in [0.3, 0.4) is 0 Å². The van der Waals surface area contributed by atoms with E-state index in [1.54, 1.807) is 0 Å². The molecule has 0 radical (unpaired) electrons. The van der Waals surface area contributed by atoms with E-state index in [0.717, 1.165) is 0 Å². The summed E-state index contributed by atoms with van der Waals surface area (Å²) in [5.74, 6) is -0.603. The van der Waals surface area contributed by atoms with Crippen LogP contribution in [0.15, 0.2) is 29.2 Å². The van der Waals surface area contributed by atoms with E-state index in [2.05, 4.69) is 9.46 Å². The number of methoxy groups -OCH3 is 1. The third kappa shape index (κ3) is 4.89. The van der Waals surface area contributed by atoms with E-state index in [1.807, 2.05) is 0 Å². The molecule has 0 saturated carbocycles. The minimum Gasteiger partial charge on any atom is -0.465 e. The van der Waals surface area contributed by atoms with Gasteiger partial charge >= 0.3 is 5.97 Å². The summed E-state index contributed by atoms with van der Waals surface area (Å²) in [6.07, 6.45) is 0. The largest absolute Gasteiger partial charge is 0.465 e. The predicted molar refractivity (Wildman–Crippen MR) is 70.9 cm³/mol. The topological polar surface area (TPSA) is 102 Å². The number of rotatable bonds is 8. The molecule has 1 aromatic rings. The molecule has 0 spiro atoms. The number of benzene rings is 1. The fourth-order valence-corrected chi connectivity index (χ4v) is 2.46. The van der Waals surface area contributed by atoms with Crippen molar-refractivity contribution in [1.29, 1.82) is 0 Å². The highest BCUT2D eigenvalue weighted by Crippen LogP contribution is 2.12. The van der Waals surface area contributed by atoms with Crippen molar-refractivity contribution >= 4 is 16.0 Å². The molecule has 0 heterocycles. The standard InChI is InChI=1S/C12H17NO6S/c1-18-12(15)10-3-2-4-11(9-10)20(16,17)13-5-7-19-8-6-14/h2-4,9,13-14H,5-8H2,1H3. The molecule has 0 fully saturated rings. The van der Waals surface area contributed by atoms with Gasteiger partial charge in [-0.1, -0.05) is 6.07 Å². The van der Waals surface area contributed by atoms with Crippen LogP contribution in [-0.2, 0) is 19.5 Å². The van der Waals surface area contributed by atoms with E-state index in [4.69, 9.17) is 9.84 Å². The molecule has 0 aliphatic rings. The van der Waals surface area contributed by atoms with E-state index in [1.165, 1.54) is 31.4 Å². The molecule has 20 heavy (non-hydrogen) atoms. The van der Waals surface area contributed by atoms with Crippen molar-refractivity contribution in [3.63, 3.8) is 0 Å². The first kappa shape index (κ1) is 16.6. The summed E-state index contributed by atoms with van der Waals surface area (Å²) >= 11 is 0. The van der Waals surface area contributed by atoms with E-state index < -0.39 is 16.0 Å². The Labute approximate surface area is 117 Å². The van der Waals surface area contributed by atoms with Gasteiger partial charge in [0.2, 0.25) is 10.0 Å². The maximum Gasteiger partial charge on any atom is 0.337 e. The zero-order valence-corrected chi connectivity index (χ0v) is 11.9. The van der Waals surface area contributed by atoms with Crippen molar-refractivity contribution in [1.82, 2.24) is 4.72 Å². The Morgan fingerprint density at radius 1 is 1.35 bits per heavy atom. The highest BCUT2D eigenvalue weighted by molar-refractivity contribution is 7.89. The Morgan fingerprint density at radius 3 is 2.75 bits per heavy atom. The molecule has 112 valence electrons. The van der Waals surface area contributed by atoms with Crippen LogP contribution in [-0.4, -0.2) is 53.0 Å². The molecular weight excluding hydrogens is 286 g/mol. The van der Waals surface area contributed by atoms with E-state index in [0.29, 0.717) is 0 Å². The second-order valence-corrected chi connectivity index (χ2v) is 5.52. The predicted octanol–water partition coefficient (Wildman–Crippen LogP) is -0.240. The normalized spacial score (nSPS) is 11.3. The third-order valence-electron chi connectivity index (χ3n) is 2.34. The zero-order valence-electron chi connectivity index (χ0n) is 11.0. The molecule has 0 atom stereocenters. The van der Waals surface area contributed by atoms with Gasteiger partial charge in [0.25, 0.3) is 0 Å². The number of hydrogen-bond acceptors (Lipinski definition) is 6. The first-order valence-electron chi connectivity index (χ1n) is 5.88. The zero-order chi connectivity index (χ0) is 15.0. The molecule has 0 amide bonds. The van der Waals surface area contributed by atoms with Crippen LogP contribution in [0.5, 0.6) is 0 Å². The quantitative estimate of drug-likeness (QED) is 0.508. The fourth-order valence-electron chi connectivity index (χ4n) is 1.41. The van der Waals surface area contributed by atoms with Crippen molar-refractivity contribution in [3.05, 3.63) is 29.8 Å². The second-order valence-electron chi connectivity index (χ2n) is 3.75. The smallest absolute Gasteiger partial charge is 0.337 e. The first-order chi connectivity index (χ1) is 9.51. The fraction of sp³-hybridized carbons (Fsp3) is 0.417. The Balaban J connectivity index is 2.70. The van der Waals surface area contributed by atoms with Crippen molar-refractivity contribution in [2.75, 3.05) is 33.5 Å². The average Bonchev–Trinajstić information content (AvgIpc) is 2.46. The lowest BCUT2D eigenvalue weighted by Gasteiger charge is -2.08. The van der Waals surface area contributed by atoms with E-state index in [9.17, 15) is 13.2 Å². The number of carbonyl (C=O) groups excluding carboxylic acids is 1. The Hall–Kier alpha value is -1.48. The van der Waals surface area contributed by atoms with Gasteiger partial charge in [0.15, 0.2) is 0 Å². The molecule has 0 unspecified atom stereocenters. The van der Waals surface area contributed by atoms with Gasteiger partial charge in [-0.3, -0.25) is 0 Å². The number of aliphatic hydroxyl groups is 1. The summed E-state index contributed by atoms with van der Waals surface area (Å²) in [6, 6.07) is 5.55. The van der Waals surface area contributed by atoms with Gasteiger partial charge in [-0.25, -0.2) is 17.9 Å². The van der Waals surface area contributed by atoms with Crippen molar-refractivity contribution in [2.45, 2.75) is 4.90 Å². The Bertz CT molecular complexity index is 543. The Morgan fingerprint density at radius 2 is 2.10 bits per heavy atom. The first-order valence-corrected chi connectivity index (χ1v) is 7.36. The maximum absolute atomic E-state index is 12.0. The molecule has 8 heteroatoms. The molecule has 0 aromatic heterocycles. The molecule has 0 bridgehead atoms. The molecule has 2 N–H and O–H groups in total. The lowest BCUT2D eigenvalue weighted by Crippen LogP contribution is -2.28. The molecule has 7 nitrogen and oxygen atoms in total. The minimum absolute atomic E-state index is 0.0254.